The van der Waals surface area contributed by atoms with Crippen molar-refractivity contribution in [3.63, 3.8) is 0 Å². The molecule has 0 radical (unpaired) electrons. The predicted octanol–water partition coefficient (Wildman–Crippen LogP) is 3.53. The second-order valence-electron chi connectivity index (χ2n) is 7.14. The highest BCUT2D eigenvalue weighted by Crippen LogP contribution is 2.49. The van der Waals surface area contributed by atoms with Crippen molar-refractivity contribution in [2.45, 2.75) is 18.5 Å². The van der Waals surface area contributed by atoms with Crippen LogP contribution in [0.2, 0.25) is 10.0 Å². The van der Waals surface area contributed by atoms with Crippen LogP contribution in [0.5, 0.6) is 0 Å². The molecule has 2 aromatic rings. The van der Waals surface area contributed by atoms with Gasteiger partial charge in [-0.3, -0.25) is 9.59 Å². The average molecular weight is 402 g/mol. The first-order valence-corrected chi connectivity index (χ1v) is 9.74. The topological polar surface area (TPSA) is 43.9 Å². The zero-order chi connectivity index (χ0) is 18.7. The van der Waals surface area contributed by atoms with Crippen LogP contribution in [-0.2, 0) is 9.59 Å². The summed E-state index contributed by atoms with van der Waals surface area (Å²) < 4.78 is 0. The number of halogens is 2. The first kappa shape index (κ1) is 17.2. The van der Waals surface area contributed by atoms with Crippen molar-refractivity contribution in [2.24, 2.45) is 5.92 Å². The van der Waals surface area contributed by atoms with Gasteiger partial charge in [0.1, 0.15) is 6.04 Å². The molecule has 2 amide bonds. The van der Waals surface area contributed by atoms with E-state index in [0.717, 1.165) is 25.1 Å². The van der Waals surface area contributed by atoms with Crippen LogP contribution in [0.25, 0.3) is 0 Å². The van der Waals surface area contributed by atoms with E-state index in [9.17, 15) is 9.59 Å². The third-order valence-electron chi connectivity index (χ3n) is 5.70. The second kappa shape index (κ2) is 6.31. The Hall–Kier alpha value is -1.92. The molecule has 2 aromatic carbocycles. The summed E-state index contributed by atoms with van der Waals surface area (Å²) in [6, 6.07) is 13.8. The van der Waals surface area contributed by atoms with E-state index >= 15 is 0 Å². The minimum atomic E-state index is -0.448. The molecule has 3 fully saturated rings. The Morgan fingerprint density at radius 3 is 1.93 bits per heavy atom. The van der Waals surface area contributed by atoms with Gasteiger partial charge in [0.25, 0.3) is 5.91 Å². The number of amides is 2. The number of hydrogen-bond acceptors (Lipinski definition) is 4. The van der Waals surface area contributed by atoms with Gasteiger partial charge in [0.2, 0.25) is 5.91 Å². The van der Waals surface area contributed by atoms with Crippen molar-refractivity contribution in [1.29, 1.82) is 0 Å². The number of carbonyl (C=O) groups excluding carboxylic acids is 2. The molecule has 0 spiro atoms. The van der Waals surface area contributed by atoms with Crippen molar-refractivity contribution < 1.29 is 9.59 Å². The zero-order valence-corrected chi connectivity index (χ0v) is 15.9. The van der Waals surface area contributed by atoms with Crippen LogP contribution in [0.1, 0.15) is 18.0 Å². The fraction of sp³-hybridized carbons (Fsp3) is 0.300. The van der Waals surface area contributed by atoms with E-state index < -0.39 is 12.0 Å². The Bertz CT molecular complexity index is 916. The van der Waals surface area contributed by atoms with E-state index in [2.05, 4.69) is 10.0 Å². The maximum Gasteiger partial charge on any atom is 0.253 e. The van der Waals surface area contributed by atoms with Gasteiger partial charge < -0.3 is 0 Å². The van der Waals surface area contributed by atoms with Crippen molar-refractivity contribution in [3.05, 3.63) is 64.1 Å². The van der Waals surface area contributed by atoms with Crippen LogP contribution in [-0.4, -0.2) is 41.0 Å². The van der Waals surface area contributed by atoms with Crippen molar-refractivity contribution in [3.8, 4) is 0 Å². The third kappa shape index (κ3) is 2.53. The van der Waals surface area contributed by atoms with Crippen molar-refractivity contribution in [2.75, 3.05) is 18.0 Å². The molecule has 5 rings (SSSR count). The van der Waals surface area contributed by atoms with Gasteiger partial charge in [-0.1, -0.05) is 35.3 Å². The summed E-state index contributed by atoms with van der Waals surface area (Å²) >= 11 is 12.0. The third-order valence-corrected chi connectivity index (χ3v) is 6.21. The smallest absolute Gasteiger partial charge is 0.253 e. The molecule has 3 heterocycles. The summed E-state index contributed by atoms with van der Waals surface area (Å²) in [5.41, 5.74) is 1.59. The normalized spacial score (nSPS) is 28.1. The Labute approximate surface area is 167 Å². The van der Waals surface area contributed by atoms with Crippen LogP contribution in [0, 0.1) is 5.92 Å². The second-order valence-corrected chi connectivity index (χ2v) is 8.01. The van der Waals surface area contributed by atoms with Gasteiger partial charge in [0, 0.05) is 23.1 Å². The number of carbonyl (C=O) groups is 2. The van der Waals surface area contributed by atoms with Crippen molar-refractivity contribution >= 4 is 40.7 Å². The number of hydrogen-bond donors (Lipinski definition) is 0. The number of anilines is 1. The monoisotopic (exact) mass is 401 g/mol. The SMILES string of the molecule is O=C1C2C(C(=O)N1c1ccc(Cl)cc1)N1CCCN1C2c1ccc(Cl)cc1. The molecule has 27 heavy (non-hydrogen) atoms. The van der Waals surface area contributed by atoms with E-state index in [0.29, 0.717) is 15.7 Å². The summed E-state index contributed by atoms with van der Waals surface area (Å²) in [6.07, 6.45) is 0.982. The summed E-state index contributed by atoms with van der Waals surface area (Å²) in [5.74, 6) is -0.730. The number of hydrazine groups is 1. The highest BCUT2D eigenvalue weighted by Gasteiger charge is 2.62. The van der Waals surface area contributed by atoms with Crippen LogP contribution < -0.4 is 4.90 Å². The summed E-state index contributed by atoms with van der Waals surface area (Å²) in [7, 11) is 0. The van der Waals surface area contributed by atoms with Gasteiger partial charge in [-0.15, -0.1) is 0 Å². The molecule has 0 bridgehead atoms. The summed E-state index contributed by atoms with van der Waals surface area (Å²) in [6.45, 7) is 1.64. The largest absolute Gasteiger partial charge is 0.274 e. The van der Waals surface area contributed by atoms with Gasteiger partial charge >= 0.3 is 0 Å². The molecule has 5 nitrogen and oxygen atoms in total. The lowest BCUT2D eigenvalue weighted by molar-refractivity contribution is -0.126. The fourth-order valence-electron chi connectivity index (χ4n) is 4.62. The van der Waals surface area contributed by atoms with Gasteiger partial charge in [0.15, 0.2) is 0 Å². The van der Waals surface area contributed by atoms with Crippen LogP contribution >= 0.6 is 23.2 Å². The average Bonchev–Trinajstić information content (AvgIpc) is 3.30. The fourth-order valence-corrected chi connectivity index (χ4v) is 4.87. The lowest BCUT2D eigenvalue weighted by Crippen LogP contribution is -2.44. The van der Waals surface area contributed by atoms with E-state index in [4.69, 9.17) is 23.2 Å². The number of rotatable bonds is 2. The van der Waals surface area contributed by atoms with Gasteiger partial charge in [0.05, 0.1) is 17.6 Å². The van der Waals surface area contributed by atoms with E-state index in [1.54, 1.807) is 24.3 Å². The molecule has 3 atom stereocenters. The summed E-state index contributed by atoms with van der Waals surface area (Å²) in [5, 5.41) is 5.50. The van der Waals surface area contributed by atoms with Gasteiger partial charge in [-0.25, -0.2) is 14.9 Å². The Morgan fingerprint density at radius 2 is 1.30 bits per heavy atom. The Balaban J connectivity index is 1.57. The van der Waals surface area contributed by atoms with E-state index in [-0.39, 0.29) is 17.9 Å². The maximum absolute atomic E-state index is 13.4. The number of fused-ring (bicyclic) bond motifs is 3. The molecule has 0 aromatic heterocycles. The predicted molar refractivity (Wildman–Crippen MR) is 103 cm³/mol. The molecule has 0 saturated carbocycles. The standard InChI is InChI=1S/C20H17Cl2N3O2/c21-13-4-2-12(3-5-13)17-16-18(24-11-1-10-23(17)24)20(27)25(19(16)26)15-8-6-14(22)7-9-15/h2-9,16-18H,1,10-11H2. The molecule has 7 heteroatoms. The quantitative estimate of drug-likeness (QED) is 0.721. The molecule has 0 N–H and O–H groups in total. The highest BCUT2D eigenvalue weighted by atomic mass is 35.5. The van der Waals surface area contributed by atoms with Crippen LogP contribution in [0.3, 0.4) is 0 Å². The van der Waals surface area contributed by atoms with E-state index in [1.165, 1.54) is 4.90 Å². The van der Waals surface area contributed by atoms with E-state index in [1.807, 2.05) is 24.3 Å². The minimum absolute atomic E-state index is 0.150. The molecule has 3 unspecified atom stereocenters. The minimum Gasteiger partial charge on any atom is -0.274 e. The highest BCUT2D eigenvalue weighted by molar-refractivity contribution is 6.31. The molecule has 138 valence electrons. The molecule has 3 aliphatic rings. The molecule has 3 aliphatic heterocycles. The first-order chi connectivity index (χ1) is 13.1. The van der Waals surface area contributed by atoms with Gasteiger partial charge in [-0.05, 0) is 48.4 Å². The molecular weight excluding hydrogens is 385 g/mol. The van der Waals surface area contributed by atoms with Crippen molar-refractivity contribution in [1.82, 2.24) is 10.0 Å². The maximum atomic E-state index is 13.4. The molecular formula is C20H17Cl2N3O2. The number of benzene rings is 2. The Morgan fingerprint density at radius 1 is 0.741 bits per heavy atom. The summed E-state index contributed by atoms with van der Waals surface area (Å²) in [4.78, 5) is 27.9. The Kier molecular flexibility index (Phi) is 4.02. The first-order valence-electron chi connectivity index (χ1n) is 8.98. The number of imide groups is 1. The van der Waals surface area contributed by atoms with Crippen LogP contribution in [0.4, 0.5) is 5.69 Å². The van der Waals surface area contributed by atoms with Gasteiger partial charge in [-0.2, -0.15) is 0 Å². The lowest BCUT2D eigenvalue weighted by atomic mass is 9.90. The molecule has 0 aliphatic carbocycles. The molecule has 3 saturated heterocycles. The zero-order valence-electron chi connectivity index (χ0n) is 14.4. The number of nitrogens with zero attached hydrogens (tertiary/aromatic N) is 3. The van der Waals surface area contributed by atoms with Crippen LogP contribution in [0.15, 0.2) is 48.5 Å². The lowest BCUT2D eigenvalue weighted by Gasteiger charge is -2.29.